The molecule has 1 N–H and O–H groups in total. The average molecular weight is 366 g/mol. The van der Waals surface area contributed by atoms with E-state index in [9.17, 15) is 9.59 Å². The highest BCUT2D eigenvalue weighted by Gasteiger charge is 2.42. The maximum Gasteiger partial charge on any atom is 0.339 e. The number of nitrogens with zero attached hydrogens (tertiary/aromatic N) is 1. The van der Waals surface area contributed by atoms with Crippen molar-refractivity contribution in [3.63, 3.8) is 0 Å². The Kier molecular flexibility index (Phi) is 4.58. The van der Waals surface area contributed by atoms with Gasteiger partial charge in [-0.25, -0.2) is 4.79 Å². The molecule has 0 radical (unpaired) electrons. The van der Waals surface area contributed by atoms with Crippen LogP contribution >= 0.6 is 0 Å². The highest BCUT2D eigenvalue weighted by atomic mass is 16.6. The summed E-state index contributed by atoms with van der Waals surface area (Å²) in [5.74, 6) is -0.790. The number of fused-ring (bicyclic) bond motifs is 1. The lowest BCUT2D eigenvalue weighted by Crippen LogP contribution is -2.48. The van der Waals surface area contributed by atoms with Crippen molar-refractivity contribution in [1.82, 2.24) is 0 Å². The van der Waals surface area contributed by atoms with Crippen LogP contribution in [0.4, 0.5) is 11.4 Å². The quantitative estimate of drug-likeness (QED) is 0.846. The summed E-state index contributed by atoms with van der Waals surface area (Å²) in [6.07, 6.45) is 0.354. The minimum absolute atomic E-state index is 0.329. The summed E-state index contributed by atoms with van der Waals surface area (Å²) in [5, 5.41) is 2.87. The number of rotatable bonds is 3. The summed E-state index contributed by atoms with van der Waals surface area (Å²) in [4.78, 5) is 27.3. The number of carbonyl (C=O) groups excluding carboxylic acids is 2. The van der Waals surface area contributed by atoms with Crippen LogP contribution in [-0.4, -0.2) is 43.8 Å². The van der Waals surface area contributed by atoms with E-state index in [-0.39, 0.29) is 5.91 Å². The van der Waals surface area contributed by atoms with Crippen molar-refractivity contribution in [2.75, 3.05) is 36.5 Å². The van der Waals surface area contributed by atoms with Gasteiger partial charge in [0.15, 0.2) is 5.60 Å². The summed E-state index contributed by atoms with van der Waals surface area (Å²) in [5.41, 5.74) is 1.90. The number of cyclic esters (lactones) is 1. The number of hydrogen-bond donors (Lipinski definition) is 1. The Hall–Kier alpha value is -2.86. The van der Waals surface area contributed by atoms with Crippen molar-refractivity contribution in [3.05, 3.63) is 59.7 Å². The van der Waals surface area contributed by atoms with Gasteiger partial charge in [-0.15, -0.1) is 0 Å². The average Bonchev–Trinajstić information content (AvgIpc) is 2.69. The van der Waals surface area contributed by atoms with Crippen molar-refractivity contribution in [1.29, 1.82) is 0 Å². The van der Waals surface area contributed by atoms with Crippen LogP contribution < -0.4 is 10.2 Å². The van der Waals surface area contributed by atoms with E-state index < -0.39 is 11.6 Å². The Morgan fingerprint density at radius 1 is 1.07 bits per heavy atom. The standard InChI is InChI=1S/C21H22N2O4/c1-21(14-15-4-2-3-5-18(15)19(24)27-21)20(25)22-16-6-8-17(9-7-16)23-10-12-26-13-11-23/h2-9H,10-14H2,1H3,(H,22,25). The molecule has 2 aliphatic heterocycles. The van der Waals surface area contributed by atoms with E-state index in [1.807, 2.05) is 36.4 Å². The van der Waals surface area contributed by atoms with Crippen molar-refractivity contribution in [2.24, 2.45) is 0 Å². The van der Waals surface area contributed by atoms with Gasteiger partial charge in [0.2, 0.25) is 0 Å². The van der Waals surface area contributed by atoms with Gasteiger partial charge in [-0.05, 0) is 42.8 Å². The van der Waals surface area contributed by atoms with Crippen LogP contribution in [0.2, 0.25) is 0 Å². The molecule has 0 aliphatic carbocycles. The fourth-order valence-electron chi connectivity index (χ4n) is 3.50. The number of benzene rings is 2. The molecule has 0 spiro atoms. The topological polar surface area (TPSA) is 67.9 Å². The third kappa shape index (κ3) is 3.53. The van der Waals surface area contributed by atoms with Gasteiger partial charge < -0.3 is 19.7 Å². The summed E-state index contributed by atoms with van der Waals surface area (Å²) in [6.45, 7) is 4.82. The van der Waals surface area contributed by atoms with Gasteiger partial charge in [-0.2, -0.15) is 0 Å². The van der Waals surface area contributed by atoms with Crippen molar-refractivity contribution >= 4 is 23.3 Å². The maximum atomic E-state index is 12.8. The molecule has 0 bridgehead atoms. The van der Waals surface area contributed by atoms with E-state index in [1.54, 1.807) is 19.1 Å². The Labute approximate surface area is 158 Å². The van der Waals surface area contributed by atoms with Crippen LogP contribution in [0, 0.1) is 0 Å². The summed E-state index contributed by atoms with van der Waals surface area (Å²) in [6, 6.07) is 14.9. The lowest BCUT2D eigenvalue weighted by atomic mass is 9.89. The number of amides is 1. The van der Waals surface area contributed by atoms with E-state index in [0.29, 0.717) is 17.7 Å². The summed E-state index contributed by atoms with van der Waals surface area (Å²) in [7, 11) is 0. The number of hydrogen-bond acceptors (Lipinski definition) is 5. The molecule has 27 heavy (non-hydrogen) atoms. The van der Waals surface area contributed by atoms with E-state index in [4.69, 9.17) is 9.47 Å². The van der Waals surface area contributed by atoms with E-state index in [1.165, 1.54) is 0 Å². The molecule has 4 rings (SSSR count). The smallest absolute Gasteiger partial charge is 0.339 e. The Morgan fingerprint density at radius 2 is 1.78 bits per heavy atom. The van der Waals surface area contributed by atoms with Gasteiger partial charge >= 0.3 is 5.97 Å². The predicted molar refractivity (Wildman–Crippen MR) is 102 cm³/mol. The molecule has 0 aromatic heterocycles. The van der Waals surface area contributed by atoms with Crippen molar-refractivity contribution in [3.8, 4) is 0 Å². The number of anilines is 2. The SMILES string of the molecule is CC1(C(=O)Nc2ccc(N3CCOCC3)cc2)Cc2ccccc2C(=O)O1. The highest BCUT2D eigenvalue weighted by Crippen LogP contribution is 2.29. The van der Waals surface area contributed by atoms with Crippen LogP contribution in [-0.2, 0) is 20.7 Å². The molecule has 2 aliphatic rings. The third-order valence-electron chi connectivity index (χ3n) is 5.06. The molecule has 2 aromatic carbocycles. The van der Waals surface area contributed by atoms with Crippen LogP contribution in [0.1, 0.15) is 22.8 Å². The number of nitrogens with one attached hydrogen (secondary N) is 1. The first-order chi connectivity index (χ1) is 13.0. The molecule has 1 fully saturated rings. The largest absolute Gasteiger partial charge is 0.445 e. The van der Waals surface area contributed by atoms with E-state index in [2.05, 4.69) is 10.2 Å². The van der Waals surface area contributed by atoms with E-state index in [0.717, 1.165) is 37.6 Å². The zero-order chi connectivity index (χ0) is 18.9. The fourth-order valence-corrected chi connectivity index (χ4v) is 3.50. The second-order valence-electron chi connectivity index (χ2n) is 7.05. The zero-order valence-electron chi connectivity index (χ0n) is 15.2. The van der Waals surface area contributed by atoms with E-state index >= 15 is 0 Å². The normalized spacial score (nSPS) is 22.0. The molecule has 2 aromatic rings. The Bertz CT molecular complexity index is 859. The van der Waals surface area contributed by atoms with Crippen LogP contribution in [0.3, 0.4) is 0 Å². The lowest BCUT2D eigenvalue weighted by Gasteiger charge is -2.33. The molecule has 1 amide bonds. The third-order valence-corrected chi connectivity index (χ3v) is 5.06. The molecule has 2 heterocycles. The molecular formula is C21H22N2O4. The number of morpholine rings is 1. The van der Waals surface area contributed by atoms with Crippen molar-refractivity contribution < 1.29 is 19.1 Å². The van der Waals surface area contributed by atoms with Gasteiger partial charge in [0.05, 0.1) is 18.8 Å². The van der Waals surface area contributed by atoms with Gasteiger partial charge in [0.1, 0.15) is 0 Å². The minimum Gasteiger partial charge on any atom is -0.445 e. The molecule has 1 saturated heterocycles. The first-order valence-electron chi connectivity index (χ1n) is 9.11. The fraction of sp³-hybridized carbons (Fsp3) is 0.333. The van der Waals surface area contributed by atoms with Crippen molar-refractivity contribution in [2.45, 2.75) is 18.9 Å². The molecule has 1 unspecified atom stereocenters. The summed E-state index contributed by atoms with van der Waals surface area (Å²) >= 11 is 0. The van der Waals surface area contributed by atoms with Gasteiger partial charge in [0, 0.05) is 30.9 Å². The van der Waals surface area contributed by atoms with Crippen LogP contribution in [0.15, 0.2) is 48.5 Å². The maximum absolute atomic E-state index is 12.8. The Morgan fingerprint density at radius 3 is 2.52 bits per heavy atom. The zero-order valence-corrected chi connectivity index (χ0v) is 15.2. The molecule has 6 nitrogen and oxygen atoms in total. The molecule has 1 atom stereocenters. The number of ether oxygens (including phenoxy) is 2. The lowest BCUT2D eigenvalue weighted by molar-refractivity contribution is -0.134. The second kappa shape index (κ2) is 7.04. The number of carbonyl (C=O) groups is 2. The molecular weight excluding hydrogens is 344 g/mol. The number of esters is 1. The highest BCUT2D eigenvalue weighted by molar-refractivity contribution is 6.02. The monoisotopic (exact) mass is 366 g/mol. The van der Waals surface area contributed by atoms with Gasteiger partial charge in [-0.3, -0.25) is 4.79 Å². The van der Waals surface area contributed by atoms with Crippen LogP contribution in [0.25, 0.3) is 0 Å². The van der Waals surface area contributed by atoms with Gasteiger partial charge in [-0.1, -0.05) is 18.2 Å². The second-order valence-corrected chi connectivity index (χ2v) is 7.05. The van der Waals surface area contributed by atoms with Gasteiger partial charge in [0.25, 0.3) is 5.91 Å². The first-order valence-corrected chi connectivity index (χ1v) is 9.11. The first kappa shape index (κ1) is 17.5. The molecule has 140 valence electrons. The summed E-state index contributed by atoms with van der Waals surface area (Å²) < 4.78 is 10.8. The Balaban J connectivity index is 1.46. The molecule has 0 saturated carbocycles. The minimum atomic E-state index is -1.23. The molecule has 6 heteroatoms. The predicted octanol–water partition coefficient (Wildman–Crippen LogP) is 2.63. The van der Waals surface area contributed by atoms with Crippen LogP contribution in [0.5, 0.6) is 0 Å².